The molecule has 0 bridgehead atoms. The summed E-state index contributed by atoms with van der Waals surface area (Å²) >= 11 is 0. The molecule has 1 unspecified atom stereocenters. The summed E-state index contributed by atoms with van der Waals surface area (Å²) in [5.74, 6) is 1.03. The molecular formula is C19H30N6O. The summed E-state index contributed by atoms with van der Waals surface area (Å²) in [6.45, 7) is 8.87. The summed E-state index contributed by atoms with van der Waals surface area (Å²) in [6, 6.07) is 1.89. The van der Waals surface area contributed by atoms with Crippen molar-refractivity contribution in [1.82, 2.24) is 30.1 Å². The molecule has 1 atom stereocenters. The standard InChI is InChI=1S/C19H30N6O/c1-4-6-16-10-18(22-20-16)19(26)24-8-5-7-15(11-24)12-25-13-17(21-23-25)9-14(2)3/h10,13-15H,4-9,11-12H2,1-3H3,(H,20,22). The first-order chi connectivity index (χ1) is 12.5. The van der Waals surface area contributed by atoms with Crippen molar-refractivity contribution < 1.29 is 4.79 Å². The Morgan fingerprint density at radius 2 is 2.27 bits per heavy atom. The van der Waals surface area contributed by atoms with Crippen LogP contribution in [0.4, 0.5) is 0 Å². The minimum absolute atomic E-state index is 0.0346. The van der Waals surface area contributed by atoms with Crippen molar-refractivity contribution in [3.8, 4) is 0 Å². The van der Waals surface area contributed by atoms with Crippen molar-refractivity contribution in [3.63, 3.8) is 0 Å². The van der Waals surface area contributed by atoms with Gasteiger partial charge in [0.2, 0.25) is 0 Å². The Morgan fingerprint density at radius 1 is 1.42 bits per heavy atom. The normalized spacial score (nSPS) is 17.8. The smallest absolute Gasteiger partial charge is 0.274 e. The number of carbonyl (C=O) groups is 1. The van der Waals surface area contributed by atoms with Crippen molar-refractivity contribution in [2.75, 3.05) is 13.1 Å². The van der Waals surface area contributed by atoms with Gasteiger partial charge >= 0.3 is 0 Å². The summed E-state index contributed by atoms with van der Waals surface area (Å²) < 4.78 is 1.93. The van der Waals surface area contributed by atoms with Crippen molar-refractivity contribution in [2.45, 2.75) is 59.4 Å². The lowest BCUT2D eigenvalue weighted by Gasteiger charge is -2.32. The van der Waals surface area contributed by atoms with Crippen LogP contribution in [-0.4, -0.2) is 49.1 Å². The molecule has 26 heavy (non-hydrogen) atoms. The lowest BCUT2D eigenvalue weighted by molar-refractivity contribution is 0.0653. The van der Waals surface area contributed by atoms with E-state index >= 15 is 0 Å². The quantitative estimate of drug-likeness (QED) is 0.825. The Labute approximate surface area is 155 Å². The van der Waals surface area contributed by atoms with Crippen LogP contribution >= 0.6 is 0 Å². The predicted octanol–water partition coefficient (Wildman–Crippen LogP) is 2.70. The molecule has 1 fully saturated rings. The molecule has 3 heterocycles. The van der Waals surface area contributed by atoms with E-state index in [9.17, 15) is 4.79 Å². The van der Waals surface area contributed by atoms with Gasteiger partial charge in [-0.25, -0.2) is 0 Å². The highest BCUT2D eigenvalue weighted by atomic mass is 16.2. The highest BCUT2D eigenvalue weighted by molar-refractivity contribution is 5.92. The first-order valence-corrected chi connectivity index (χ1v) is 9.77. The molecule has 0 radical (unpaired) electrons. The van der Waals surface area contributed by atoms with Crippen molar-refractivity contribution in [2.24, 2.45) is 11.8 Å². The van der Waals surface area contributed by atoms with Crippen LogP contribution in [0.15, 0.2) is 12.3 Å². The molecular weight excluding hydrogens is 328 g/mol. The molecule has 1 aliphatic heterocycles. The summed E-state index contributed by atoms with van der Waals surface area (Å²) in [5, 5.41) is 15.7. The van der Waals surface area contributed by atoms with Gasteiger partial charge in [-0.1, -0.05) is 32.4 Å². The van der Waals surface area contributed by atoms with Crippen LogP contribution < -0.4 is 0 Å². The second-order valence-corrected chi connectivity index (χ2v) is 7.82. The van der Waals surface area contributed by atoms with E-state index in [4.69, 9.17) is 0 Å². The molecule has 0 saturated carbocycles. The second kappa shape index (κ2) is 8.47. The van der Waals surface area contributed by atoms with E-state index in [-0.39, 0.29) is 5.91 Å². The fourth-order valence-electron chi connectivity index (χ4n) is 3.63. The Morgan fingerprint density at radius 3 is 3.04 bits per heavy atom. The maximum Gasteiger partial charge on any atom is 0.274 e. The van der Waals surface area contributed by atoms with Gasteiger partial charge in [0.15, 0.2) is 0 Å². The number of aryl methyl sites for hydroxylation is 1. The fourth-order valence-corrected chi connectivity index (χ4v) is 3.63. The number of hydrogen-bond acceptors (Lipinski definition) is 4. The Bertz CT molecular complexity index is 719. The number of nitrogens with one attached hydrogen (secondary N) is 1. The average molecular weight is 358 g/mol. The number of carbonyl (C=O) groups excluding carboxylic acids is 1. The molecule has 1 saturated heterocycles. The molecule has 3 rings (SSSR count). The van der Waals surface area contributed by atoms with Crippen molar-refractivity contribution >= 4 is 5.91 Å². The topological polar surface area (TPSA) is 79.7 Å². The highest BCUT2D eigenvalue weighted by Crippen LogP contribution is 2.20. The van der Waals surface area contributed by atoms with Crippen LogP contribution in [0.1, 0.15) is 61.9 Å². The first kappa shape index (κ1) is 18.6. The zero-order chi connectivity index (χ0) is 18.5. The minimum atomic E-state index is 0.0346. The van der Waals surface area contributed by atoms with Crippen LogP contribution in [0, 0.1) is 11.8 Å². The van der Waals surface area contributed by atoms with E-state index in [1.54, 1.807) is 0 Å². The van der Waals surface area contributed by atoms with Crippen molar-refractivity contribution in [3.05, 3.63) is 29.3 Å². The number of hydrogen-bond donors (Lipinski definition) is 1. The molecule has 1 amide bonds. The maximum absolute atomic E-state index is 12.7. The average Bonchev–Trinajstić information content (AvgIpc) is 3.24. The van der Waals surface area contributed by atoms with Gasteiger partial charge < -0.3 is 4.90 Å². The van der Waals surface area contributed by atoms with Crippen molar-refractivity contribution in [1.29, 1.82) is 0 Å². The number of piperidine rings is 1. The summed E-state index contributed by atoms with van der Waals surface area (Å²) in [4.78, 5) is 14.7. The van der Waals surface area contributed by atoms with E-state index in [1.165, 1.54) is 0 Å². The van der Waals surface area contributed by atoms with Gasteiger partial charge in [0, 0.05) is 31.5 Å². The van der Waals surface area contributed by atoms with E-state index in [2.05, 4.69) is 41.3 Å². The van der Waals surface area contributed by atoms with Gasteiger partial charge in [-0.15, -0.1) is 5.10 Å². The monoisotopic (exact) mass is 358 g/mol. The lowest BCUT2D eigenvalue weighted by Crippen LogP contribution is -2.41. The van der Waals surface area contributed by atoms with Gasteiger partial charge in [-0.2, -0.15) is 5.10 Å². The van der Waals surface area contributed by atoms with E-state index < -0.39 is 0 Å². The molecule has 2 aromatic rings. The molecule has 0 aliphatic carbocycles. The van der Waals surface area contributed by atoms with Crippen LogP contribution in [0.5, 0.6) is 0 Å². The summed E-state index contributed by atoms with van der Waals surface area (Å²) in [6.07, 6.45) is 7.10. The van der Waals surface area contributed by atoms with Gasteiger partial charge in [-0.05, 0) is 43.6 Å². The fraction of sp³-hybridized carbons (Fsp3) is 0.684. The van der Waals surface area contributed by atoms with Gasteiger partial charge in [0.05, 0.1) is 5.69 Å². The summed E-state index contributed by atoms with van der Waals surface area (Å²) in [5.41, 5.74) is 2.61. The third-order valence-electron chi connectivity index (χ3n) is 4.82. The molecule has 7 heteroatoms. The molecule has 142 valence electrons. The number of aromatic nitrogens is 5. The highest BCUT2D eigenvalue weighted by Gasteiger charge is 2.26. The van der Waals surface area contributed by atoms with Crippen LogP contribution in [0.3, 0.4) is 0 Å². The Hall–Kier alpha value is -2.18. The van der Waals surface area contributed by atoms with Gasteiger partial charge in [-0.3, -0.25) is 14.6 Å². The molecule has 7 nitrogen and oxygen atoms in total. The van der Waals surface area contributed by atoms with Crippen LogP contribution in [0.25, 0.3) is 0 Å². The van der Waals surface area contributed by atoms with Crippen LogP contribution in [0.2, 0.25) is 0 Å². The number of H-pyrrole nitrogens is 1. The lowest BCUT2D eigenvalue weighted by atomic mass is 9.97. The van der Waals surface area contributed by atoms with E-state index in [0.717, 1.165) is 63.1 Å². The Kier molecular flexibility index (Phi) is 6.06. The van der Waals surface area contributed by atoms with E-state index in [0.29, 0.717) is 17.5 Å². The third kappa shape index (κ3) is 4.71. The molecule has 1 N–H and O–H groups in total. The largest absolute Gasteiger partial charge is 0.337 e. The van der Waals surface area contributed by atoms with Crippen LogP contribution in [-0.2, 0) is 19.4 Å². The number of nitrogens with zero attached hydrogens (tertiary/aromatic N) is 5. The number of likely N-dealkylation sites (tertiary alicyclic amines) is 1. The first-order valence-electron chi connectivity index (χ1n) is 9.77. The predicted molar refractivity (Wildman–Crippen MR) is 99.8 cm³/mol. The molecule has 0 spiro atoms. The zero-order valence-corrected chi connectivity index (χ0v) is 16.1. The summed E-state index contributed by atoms with van der Waals surface area (Å²) in [7, 11) is 0. The molecule has 2 aromatic heterocycles. The Balaban J connectivity index is 1.58. The minimum Gasteiger partial charge on any atom is -0.337 e. The molecule has 1 aliphatic rings. The maximum atomic E-state index is 12.7. The molecule has 0 aromatic carbocycles. The number of rotatable bonds is 7. The SMILES string of the molecule is CCCc1cc(C(=O)N2CCCC(Cn3cc(CC(C)C)nn3)C2)n[nH]1. The number of amides is 1. The van der Waals surface area contributed by atoms with Gasteiger partial charge in [0.25, 0.3) is 5.91 Å². The van der Waals surface area contributed by atoms with E-state index in [1.807, 2.05) is 21.8 Å². The second-order valence-electron chi connectivity index (χ2n) is 7.82. The third-order valence-corrected chi connectivity index (χ3v) is 4.82. The zero-order valence-electron chi connectivity index (χ0n) is 16.1. The number of aromatic amines is 1. The van der Waals surface area contributed by atoms with Gasteiger partial charge in [0.1, 0.15) is 5.69 Å².